The molecule has 1 heterocycles. The van der Waals surface area contributed by atoms with Crippen molar-refractivity contribution < 1.29 is 22.7 Å². The molecule has 2 aromatic carbocycles. The Labute approximate surface area is 192 Å². The number of nitrogens with zero attached hydrogens (tertiary/aromatic N) is 1. The SMILES string of the molecule is COCCNC(=O)c1ccccc1NC(=O)C1CCCN(S(=O)(=O)c2ccc(Cl)cc2)C1. The maximum Gasteiger partial charge on any atom is 0.253 e. The third-order valence-electron chi connectivity index (χ3n) is 5.23. The van der Waals surface area contributed by atoms with Crippen LogP contribution >= 0.6 is 11.6 Å². The average molecular weight is 480 g/mol. The second-order valence-corrected chi connectivity index (χ2v) is 9.81. The number of methoxy groups -OCH3 is 1. The van der Waals surface area contributed by atoms with E-state index in [-0.39, 0.29) is 23.3 Å². The van der Waals surface area contributed by atoms with Crippen LogP contribution in [0.3, 0.4) is 0 Å². The predicted molar refractivity (Wildman–Crippen MR) is 122 cm³/mol. The number of rotatable bonds is 8. The van der Waals surface area contributed by atoms with E-state index in [1.54, 1.807) is 31.4 Å². The molecule has 8 nitrogen and oxygen atoms in total. The van der Waals surface area contributed by atoms with E-state index in [0.717, 1.165) is 0 Å². The zero-order chi connectivity index (χ0) is 23.1. The number of hydrogen-bond acceptors (Lipinski definition) is 5. The van der Waals surface area contributed by atoms with Crippen molar-refractivity contribution in [1.29, 1.82) is 0 Å². The smallest absolute Gasteiger partial charge is 0.253 e. The summed E-state index contributed by atoms with van der Waals surface area (Å²) in [7, 11) is -2.19. The summed E-state index contributed by atoms with van der Waals surface area (Å²) < 4.78 is 32.2. The summed E-state index contributed by atoms with van der Waals surface area (Å²) in [5.74, 6) is -1.18. The van der Waals surface area contributed by atoms with Crippen LogP contribution in [0.15, 0.2) is 53.4 Å². The predicted octanol–water partition coefficient (Wildman–Crippen LogP) is 2.76. The van der Waals surface area contributed by atoms with Crippen molar-refractivity contribution >= 4 is 39.1 Å². The Balaban J connectivity index is 1.70. The van der Waals surface area contributed by atoms with Gasteiger partial charge in [0.25, 0.3) is 5.91 Å². The van der Waals surface area contributed by atoms with E-state index in [0.29, 0.717) is 48.8 Å². The summed E-state index contributed by atoms with van der Waals surface area (Å²) in [6.07, 6.45) is 1.12. The Bertz CT molecular complexity index is 1060. The fraction of sp³-hybridized carbons (Fsp3) is 0.364. The van der Waals surface area contributed by atoms with Crippen molar-refractivity contribution in [3.8, 4) is 0 Å². The third kappa shape index (κ3) is 5.86. The zero-order valence-corrected chi connectivity index (χ0v) is 19.3. The Morgan fingerprint density at radius 2 is 1.88 bits per heavy atom. The maximum absolute atomic E-state index is 13.0. The number of nitrogens with one attached hydrogen (secondary N) is 2. The van der Waals surface area contributed by atoms with Crippen LogP contribution in [0.4, 0.5) is 5.69 Å². The molecule has 0 saturated carbocycles. The number of para-hydroxylation sites is 1. The first-order valence-electron chi connectivity index (χ1n) is 10.3. The summed E-state index contributed by atoms with van der Waals surface area (Å²) in [5, 5.41) is 5.98. The van der Waals surface area contributed by atoms with Gasteiger partial charge in [-0.15, -0.1) is 0 Å². The van der Waals surface area contributed by atoms with Crippen LogP contribution in [0.25, 0.3) is 0 Å². The number of benzene rings is 2. The monoisotopic (exact) mass is 479 g/mol. The normalized spacial score (nSPS) is 17.0. The molecule has 0 radical (unpaired) electrons. The summed E-state index contributed by atoms with van der Waals surface area (Å²) in [6.45, 7) is 1.13. The first-order chi connectivity index (χ1) is 15.3. The average Bonchev–Trinajstić information content (AvgIpc) is 2.80. The topological polar surface area (TPSA) is 105 Å². The molecule has 1 atom stereocenters. The van der Waals surface area contributed by atoms with Crippen LogP contribution in [0.5, 0.6) is 0 Å². The Morgan fingerprint density at radius 1 is 1.16 bits per heavy atom. The number of ether oxygens (including phenoxy) is 1. The molecule has 1 aliphatic heterocycles. The highest BCUT2D eigenvalue weighted by Crippen LogP contribution is 2.26. The molecule has 1 aliphatic rings. The maximum atomic E-state index is 13.0. The number of sulfonamides is 1. The number of piperidine rings is 1. The van der Waals surface area contributed by atoms with Gasteiger partial charge in [-0.1, -0.05) is 23.7 Å². The van der Waals surface area contributed by atoms with E-state index in [4.69, 9.17) is 16.3 Å². The summed E-state index contributed by atoms with van der Waals surface area (Å²) in [6, 6.07) is 12.7. The number of carbonyl (C=O) groups excluding carboxylic acids is 2. The van der Waals surface area contributed by atoms with Crippen molar-refractivity contribution in [2.75, 3.05) is 38.7 Å². The minimum Gasteiger partial charge on any atom is -0.383 e. The lowest BCUT2D eigenvalue weighted by Gasteiger charge is -2.31. The first-order valence-corrected chi connectivity index (χ1v) is 12.1. The minimum atomic E-state index is -3.73. The second kappa shape index (κ2) is 10.9. The lowest BCUT2D eigenvalue weighted by atomic mass is 9.98. The van der Waals surface area contributed by atoms with Crippen LogP contribution in [-0.2, 0) is 19.6 Å². The van der Waals surface area contributed by atoms with Gasteiger partial charge in [0.15, 0.2) is 0 Å². The molecule has 10 heteroatoms. The summed E-state index contributed by atoms with van der Waals surface area (Å²) >= 11 is 5.86. The van der Waals surface area contributed by atoms with Crippen molar-refractivity contribution in [3.63, 3.8) is 0 Å². The van der Waals surface area contributed by atoms with Gasteiger partial charge >= 0.3 is 0 Å². The fourth-order valence-corrected chi connectivity index (χ4v) is 5.17. The molecule has 0 aromatic heterocycles. The van der Waals surface area contributed by atoms with Crippen molar-refractivity contribution in [2.24, 2.45) is 5.92 Å². The highest BCUT2D eigenvalue weighted by molar-refractivity contribution is 7.89. The molecule has 1 unspecified atom stereocenters. The van der Waals surface area contributed by atoms with Crippen LogP contribution in [0.2, 0.25) is 5.02 Å². The zero-order valence-electron chi connectivity index (χ0n) is 17.7. The largest absolute Gasteiger partial charge is 0.383 e. The Morgan fingerprint density at radius 3 is 2.59 bits per heavy atom. The van der Waals surface area contributed by atoms with Crippen LogP contribution in [-0.4, -0.2) is 57.9 Å². The molecule has 1 fully saturated rings. The molecule has 0 bridgehead atoms. The van der Waals surface area contributed by atoms with Gasteiger partial charge in [0.05, 0.1) is 28.7 Å². The number of anilines is 1. The molecule has 32 heavy (non-hydrogen) atoms. The molecule has 0 aliphatic carbocycles. The van der Waals surface area contributed by atoms with Gasteiger partial charge in [-0.05, 0) is 49.2 Å². The first kappa shape index (κ1) is 24.2. The van der Waals surface area contributed by atoms with E-state index in [2.05, 4.69) is 10.6 Å². The number of hydrogen-bond donors (Lipinski definition) is 2. The highest BCUT2D eigenvalue weighted by Gasteiger charge is 2.33. The van der Waals surface area contributed by atoms with Gasteiger partial charge in [0, 0.05) is 31.8 Å². The Hall–Kier alpha value is -2.46. The number of carbonyl (C=O) groups is 2. The van der Waals surface area contributed by atoms with Crippen LogP contribution in [0.1, 0.15) is 23.2 Å². The van der Waals surface area contributed by atoms with Gasteiger partial charge < -0.3 is 15.4 Å². The van der Waals surface area contributed by atoms with E-state index in [1.807, 2.05) is 0 Å². The van der Waals surface area contributed by atoms with Gasteiger partial charge in [0.2, 0.25) is 15.9 Å². The standard InChI is InChI=1S/C22H26ClN3O5S/c1-31-14-12-24-22(28)19-6-2-3-7-20(19)25-21(27)16-5-4-13-26(15-16)32(29,30)18-10-8-17(23)9-11-18/h2-3,6-11,16H,4-5,12-15H2,1H3,(H,24,28)(H,25,27). The van der Waals surface area contributed by atoms with E-state index < -0.39 is 15.9 Å². The Kier molecular flexibility index (Phi) is 8.25. The van der Waals surface area contributed by atoms with Gasteiger partial charge in [0.1, 0.15) is 0 Å². The van der Waals surface area contributed by atoms with E-state index in [9.17, 15) is 18.0 Å². The molecule has 1 saturated heterocycles. The van der Waals surface area contributed by atoms with Crippen molar-refractivity contribution in [3.05, 3.63) is 59.1 Å². The van der Waals surface area contributed by atoms with E-state index in [1.165, 1.54) is 28.6 Å². The molecule has 2 aromatic rings. The quantitative estimate of drug-likeness (QED) is 0.566. The minimum absolute atomic E-state index is 0.0684. The number of amides is 2. The van der Waals surface area contributed by atoms with Crippen molar-refractivity contribution in [2.45, 2.75) is 17.7 Å². The summed E-state index contributed by atoms with van der Waals surface area (Å²) in [5.41, 5.74) is 0.712. The van der Waals surface area contributed by atoms with Gasteiger partial charge in [-0.25, -0.2) is 8.42 Å². The fourth-order valence-electron chi connectivity index (χ4n) is 3.52. The second-order valence-electron chi connectivity index (χ2n) is 7.44. The molecule has 0 spiro atoms. The number of halogens is 1. The third-order valence-corrected chi connectivity index (χ3v) is 7.36. The summed E-state index contributed by atoms with van der Waals surface area (Å²) in [4.78, 5) is 25.5. The van der Waals surface area contributed by atoms with Crippen LogP contribution in [0, 0.1) is 5.92 Å². The molecule has 2 amide bonds. The van der Waals surface area contributed by atoms with E-state index >= 15 is 0 Å². The van der Waals surface area contributed by atoms with Crippen molar-refractivity contribution in [1.82, 2.24) is 9.62 Å². The van der Waals surface area contributed by atoms with Crippen LogP contribution < -0.4 is 10.6 Å². The highest BCUT2D eigenvalue weighted by atomic mass is 35.5. The lowest BCUT2D eigenvalue weighted by Crippen LogP contribution is -2.43. The molecular formula is C22H26ClN3O5S. The molecule has 3 rings (SSSR count). The molecular weight excluding hydrogens is 454 g/mol. The van der Waals surface area contributed by atoms with Gasteiger partial charge in [-0.3, -0.25) is 9.59 Å². The molecule has 2 N–H and O–H groups in total. The lowest BCUT2D eigenvalue weighted by molar-refractivity contribution is -0.120. The van der Waals surface area contributed by atoms with Gasteiger partial charge in [-0.2, -0.15) is 4.31 Å². The molecule has 172 valence electrons.